The molecule has 2 aromatic rings. The second-order valence-electron chi connectivity index (χ2n) is 6.75. The Balaban J connectivity index is 0.00000261. The summed E-state index contributed by atoms with van der Waals surface area (Å²) in [5, 5.41) is 7.13. The van der Waals surface area contributed by atoms with Crippen LogP contribution in [0.1, 0.15) is 24.2 Å². The fourth-order valence-corrected chi connectivity index (χ4v) is 4.36. The van der Waals surface area contributed by atoms with Gasteiger partial charge in [0.05, 0.1) is 40.9 Å². The van der Waals surface area contributed by atoms with E-state index >= 15 is 0 Å². The summed E-state index contributed by atoms with van der Waals surface area (Å²) in [5.74, 6) is -0.0250. The van der Waals surface area contributed by atoms with E-state index in [4.69, 9.17) is 0 Å². The van der Waals surface area contributed by atoms with Crippen LogP contribution in [0.5, 0.6) is 0 Å². The monoisotopic (exact) mass is 501 g/mol. The van der Waals surface area contributed by atoms with E-state index in [1.54, 1.807) is 34.9 Å². The highest BCUT2D eigenvalue weighted by atomic mass is 35.5. The number of amides is 2. The van der Waals surface area contributed by atoms with Crippen molar-refractivity contribution >= 4 is 71.7 Å². The van der Waals surface area contributed by atoms with Crippen LogP contribution >= 0.6 is 59.9 Å². The van der Waals surface area contributed by atoms with Crippen LogP contribution in [0.3, 0.4) is 0 Å². The van der Waals surface area contributed by atoms with Crippen molar-refractivity contribution < 1.29 is 9.59 Å². The van der Waals surface area contributed by atoms with Gasteiger partial charge in [0.2, 0.25) is 11.8 Å². The van der Waals surface area contributed by atoms with Crippen LogP contribution in [0.15, 0.2) is 21.8 Å². The molecule has 29 heavy (non-hydrogen) atoms. The van der Waals surface area contributed by atoms with E-state index < -0.39 is 5.41 Å². The predicted molar refractivity (Wildman–Crippen MR) is 123 cm³/mol. The van der Waals surface area contributed by atoms with Gasteiger partial charge in [0.25, 0.3) is 0 Å². The fraction of sp³-hybridized carbons (Fsp3) is 0.529. The van der Waals surface area contributed by atoms with Crippen LogP contribution in [-0.4, -0.2) is 58.8 Å². The van der Waals surface area contributed by atoms with Gasteiger partial charge in [0, 0.05) is 37.8 Å². The summed E-state index contributed by atoms with van der Waals surface area (Å²) in [5.41, 5.74) is 4.58. The van der Waals surface area contributed by atoms with Gasteiger partial charge in [0.1, 0.15) is 0 Å². The number of hydrogen-bond donors (Lipinski definition) is 1. The zero-order chi connectivity index (χ0) is 18.6. The molecule has 3 heterocycles. The average Bonchev–Trinajstić information content (AvgIpc) is 3.37. The van der Waals surface area contributed by atoms with Gasteiger partial charge in [0.15, 0.2) is 0 Å². The standard InChI is InChI=1S/C17H23N5O2S2.3ClH/c1-21(6-13-8-25-11-19-13)15(23)5-17(3-4-18-10-17)16(24)22(2)7-14-9-26-12-20-14;;;/h8-9,11-12,18H,3-7,10H2,1-2H3;3*1H. The average molecular weight is 503 g/mol. The SMILES string of the molecule is CN(Cc1cscn1)C(=O)CC1(C(=O)N(C)Cc2cscn2)CCNC1.Cl.Cl.Cl. The maximum Gasteiger partial charge on any atom is 0.230 e. The van der Waals surface area contributed by atoms with Crippen molar-refractivity contribution in [2.45, 2.75) is 25.9 Å². The van der Waals surface area contributed by atoms with Crippen molar-refractivity contribution in [3.8, 4) is 0 Å². The fourth-order valence-electron chi connectivity index (χ4n) is 3.26. The Labute approximate surface area is 197 Å². The van der Waals surface area contributed by atoms with Crippen molar-refractivity contribution in [2.75, 3.05) is 27.2 Å². The Morgan fingerprint density at radius 1 is 1.03 bits per heavy atom. The maximum atomic E-state index is 13.1. The lowest BCUT2D eigenvalue weighted by Gasteiger charge is -2.32. The van der Waals surface area contributed by atoms with Crippen LogP contribution in [0.25, 0.3) is 0 Å². The minimum Gasteiger partial charge on any atom is -0.340 e. The molecule has 0 saturated carbocycles. The first kappa shape index (κ1) is 28.0. The highest BCUT2D eigenvalue weighted by Gasteiger charge is 2.45. The first-order chi connectivity index (χ1) is 12.5. The van der Waals surface area contributed by atoms with Crippen LogP contribution in [-0.2, 0) is 22.7 Å². The highest BCUT2D eigenvalue weighted by molar-refractivity contribution is 7.07. The summed E-state index contributed by atoms with van der Waals surface area (Å²) in [6, 6.07) is 0. The minimum absolute atomic E-state index is 0. The van der Waals surface area contributed by atoms with Crippen molar-refractivity contribution in [3.05, 3.63) is 33.2 Å². The molecule has 0 spiro atoms. The number of nitrogens with zero attached hydrogens (tertiary/aromatic N) is 4. The van der Waals surface area contributed by atoms with Crippen molar-refractivity contribution in [3.63, 3.8) is 0 Å². The molecule has 3 rings (SSSR count). The van der Waals surface area contributed by atoms with Gasteiger partial charge in [-0.3, -0.25) is 9.59 Å². The van der Waals surface area contributed by atoms with Gasteiger partial charge in [-0.05, 0) is 13.0 Å². The molecule has 1 aliphatic heterocycles. The third-order valence-corrected chi connectivity index (χ3v) is 6.00. The molecule has 0 radical (unpaired) electrons. The molecule has 1 atom stereocenters. The van der Waals surface area contributed by atoms with Gasteiger partial charge in [-0.25, -0.2) is 9.97 Å². The van der Waals surface area contributed by atoms with Gasteiger partial charge in [-0.1, -0.05) is 0 Å². The summed E-state index contributed by atoms with van der Waals surface area (Å²) in [7, 11) is 3.55. The Kier molecular flexibility index (Phi) is 12.2. The normalized spacial score (nSPS) is 17.4. The molecule has 2 amide bonds. The molecule has 1 unspecified atom stereocenters. The number of thiazole rings is 2. The number of carbonyl (C=O) groups is 2. The van der Waals surface area contributed by atoms with Crippen LogP contribution in [0, 0.1) is 5.41 Å². The highest BCUT2D eigenvalue weighted by Crippen LogP contribution is 2.33. The molecule has 12 heteroatoms. The number of halogens is 3. The Morgan fingerprint density at radius 2 is 1.59 bits per heavy atom. The van der Waals surface area contributed by atoms with E-state index in [0.29, 0.717) is 26.1 Å². The summed E-state index contributed by atoms with van der Waals surface area (Å²) >= 11 is 3.02. The zero-order valence-corrected chi connectivity index (χ0v) is 20.3. The van der Waals surface area contributed by atoms with Crippen LogP contribution in [0.4, 0.5) is 0 Å². The Bertz CT molecular complexity index is 740. The third-order valence-electron chi connectivity index (χ3n) is 4.72. The summed E-state index contributed by atoms with van der Waals surface area (Å²) in [6.45, 7) is 2.21. The van der Waals surface area contributed by atoms with E-state index in [9.17, 15) is 9.59 Å². The topological polar surface area (TPSA) is 78.4 Å². The Hall–Kier alpha value is -0.970. The smallest absolute Gasteiger partial charge is 0.230 e. The van der Waals surface area contributed by atoms with Gasteiger partial charge < -0.3 is 15.1 Å². The summed E-state index contributed by atoms with van der Waals surface area (Å²) in [6.07, 6.45) is 0.879. The number of hydrogen-bond acceptors (Lipinski definition) is 7. The molecule has 1 aliphatic rings. The molecule has 1 N–H and O–H groups in total. The quantitative estimate of drug-likeness (QED) is 0.630. The molecule has 0 aliphatic carbocycles. The van der Waals surface area contributed by atoms with Crippen LogP contribution in [0.2, 0.25) is 0 Å². The molecular formula is C17H26Cl3N5O2S2. The van der Waals surface area contributed by atoms with E-state index in [1.165, 1.54) is 22.7 Å². The second-order valence-corrected chi connectivity index (χ2v) is 8.19. The summed E-state index contributed by atoms with van der Waals surface area (Å²) in [4.78, 5) is 37.7. The number of nitrogens with one attached hydrogen (secondary N) is 1. The third kappa shape index (κ3) is 7.04. The van der Waals surface area contributed by atoms with Crippen LogP contribution < -0.4 is 5.32 Å². The van der Waals surface area contributed by atoms with Crippen molar-refractivity contribution in [1.29, 1.82) is 0 Å². The zero-order valence-electron chi connectivity index (χ0n) is 16.2. The second kappa shape index (κ2) is 12.7. The van der Waals surface area contributed by atoms with E-state index in [2.05, 4.69) is 15.3 Å². The maximum absolute atomic E-state index is 13.1. The first-order valence-corrected chi connectivity index (χ1v) is 10.3. The van der Waals surface area contributed by atoms with E-state index in [-0.39, 0.29) is 55.5 Å². The van der Waals surface area contributed by atoms with E-state index in [1.807, 2.05) is 10.8 Å². The molecule has 164 valence electrons. The number of carbonyl (C=O) groups excluding carboxylic acids is 2. The molecule has 1 saturated heterocycles. The number of aromatic nitrogens is 2. The summed E-state index contributed by atoms with van der Waals surface area (Å²) < 4.78 is 0. The molecular weight excluding hydrogens is 477 g/mol. The number of rotatable bonds is 7. The Morgan fingerprint density at radius 3 is 2.03 bits per heavy atom. The first-order valence-electron chi connectivity index (χ1n) is 8.44. The molecule has 0 aromatic carbocycles. The minimum atomic E-state index is -0.682. The molecule has 1 fully saturated rings. The lowest BCUT2D eigenvalue weighted by Crippen LogP contribution is -2.46. The van der Waals surface area contributed by atoms with E-state index in [0.717, 1.165) is 17.9 Å². The van der Waals surface area contributed by atoms with Crippen molar-refractivity contribution in [2.24, 2.45) is 5.41 Å². The molecule has 2 aromatic heterocycles. The lowest BCUT2D eigenvalue weighted by molar-refractivity contribution is -0.146. The van der Waals surface area contributed by atoms with Gasteiger partial charge in [-0.15, -0.1) is 59.9 Å². The van der Waals surface area contributed by atoms with Gasteiger partial charge in [-0.2, -0.15) is 0 Å². The molecule has 7 nitrogen and oxygen atoms in total. The van der Waals surface area contributed by atoms with Crippen molar-refractivity contribution in [1.82, 2.24) is 25.1 Å². The van der Waals surface area contributed by atoms with Gasteiger partial charge >= 0.3 is 0 Å². The lowest BCUT2D eigenvalue weighted by atomic mass is 9.81. The largest absolute Gasteiger partial charge is 0.340 e. The molecule has 0 bridgehead atoms. The predicted octanol–water partition coefficient (Wildman–Crippen LogP) is 2.85.